The Morgan fingerprint density at radius 2 is 1.45 bits per heavy atom. The molecule has 1 fully saturated rings. The molecule has 4 rings (SSSR count). The summed E-state index contributed by atoms with van der Waals surface area (Å²) in [6, 6.07) is 27.3. The number of nitrogens with zero attached hydrogens (tertiary/aromatic N) is 1. The van der Waals surface area contributed by atoms with E-state index in [1.807, 2.05) is 6.07 Å². The average Bonchev–Trinajstić information content (AvgIpc) is 2.84. The molecule has 1 aliphatic heterocycles. The second-order valence-corrected chi connectivity index (χ2v) is 8.56. The van der Waals surface area contributed by atoms with E-state index in [1.165, 1.54) is 11.1 Å². The lowest BCUT2D eigenvalue weighted by atomic mass is 9.72. The number of morpholine rings is 1. The van der Waals surface area contributed by atoms with Crippen molar-refractivity contribution < 1.29 is 9.84 Å². The normalized spacial score (nSPS) is 17.8. The van der Waals surface area contributed by atoms with Gasteiger partial charge in [0.15, 0.2) is 0 Å². The van der Waals surface area contributed by atoms with Crippen molar-refractivity contribution in [3.8, 4) is 0 Å². The Kier molecular flexibility index (Phi) is 6.86. The maximum atomic E-state index is 12.6. The SMILES string of the molecule is CCc1ccc([C@](O)(c2ccc(C)cc2)[C@@H](CN2CCOCC2)c2ccccc2)cc1. The molecule has 0 aromatic heterocycles. The predicted molar refractivity (Wildman–Crippen MR) is 126 cm³/mol. The molecule has 0 saturated carbocycles. The summed E-state index contributed by atoms with van der Waals surface area (Å²) in [5.41, 5.74) is 4.35. The Hall–Kier alpha value is -2.46. The van der Waals surface area contributed by atoms with Crippen LogP contribution in [-0.2, 0) is 16.8 Å². The van der Waals surface area contributed by atoms with Gasteiger partial charge >= 0.3 is 0 Å². The molecule has 0 bridgehead atoms. The monoisotopic (exact) mass is 415 g/mol. The minimum absolute atomic E-state index is 0.109. The molecule has 3 aromatic rings. The second-order valence-electron chi connectivity index (χ2n) is 8.56. The van der Waals surface area contributed by atoms with Crippen molar-refractivity contribution in [3.05, 3.63) is 107 Å². The predicted octanol–water partition coefficient (Wildman–Crippen LogP) is 4.91. The molecule has 0 spiro atoms. The smallest absolute Gasteiger partial charge is 0.123 e. The van der Waals surface area contributed by atoms with Crippen molar-refractivity contribution in [2.45, 2.75) is 31.8 Å². The maximum absolute atomic E-state index is 12.6. The number of rotatable bonds is 7. The number of ether oxygens (including phenoxy) is 1. The van der Waals surface area contributed by atoms with Gasteiger partial charge in [0, 0.05) is 25.6 Å². The lowest BCUT2D eigenvalue weighted by molar-refractivity contribution is 0.000758. The minimum atomic E-state index is -1.14. The zero-order valence-electron chi connectivity index (χ0n) is 18.6. The van der Waals surface area contributed by atoms with Crippen LogP contribution in [0.15, 0.2) is 78.9 Å². The highest BCUT2D eigenvalue weighted by molar-refractivity contribution is 5.43. The molecule has 3 nitrogen and oxygen atoms in total. The van der Waals surface area contributed by atoms with Crippen LogP contribution in [0.2, 0.25) is 0 Å². The van der Waals surface area contributed by atoms with Crippen molar-refractivity contribution in [3.63, 3.8) is 0 Å². The summed E-state index contributed by atoms with van der Waals surface area (Å²) in [4.78, 5) is 2.42. The van der Waals surface area contributed by atoms with Crippen LogP contribution in [0, 0.1) is 6.92 Å². The number of hydrogen-bond acceptors (Lipinski definition) is 3. The maximum Gasteiger partial charge on any atom is 0.123 e. The molecule has 1 aliphatic rings. The lowest BCUT2D eigenvalue weighted by Gasteiger charge is -2.41. The lowest BCUT2D eigenvalue weighted by Crippen LogP contribution is -2.45. The van der Waals surface area contributed by atoms with Gasteiger partial charge in [0.2, 0.25) is 0 Å². The molecule has 3 aromatic carbocycles. The molecule has 162 valence electrons. The van der Waals surface area contributed by atoms with Gasteiger partial charge in [-0.2, -0.15) is 0 Å². The molecular formula is C28H33NO2. The van der Waals surface area contributed by atoms with Crippen LogP contribution in [0.1, 0.15) is 40.7 Å². The van der Waals surface area contributed by atoms with Crippen LogP contribution in [0.3, 0.4) is 0 Å². The Bertz CT molecular complexity index is 947. The van der Waals surface area contributed by atoms with Crippen molar-refractivity contribution in [2.24, 2.45) is 0 Å². The molecule has 31 heavy (non-hydrogen) atoms. The van der Waals surface area contributed by atoms with Gasteiger partial charge in [-0.05, 0) is 35.6 Å². The number of hydrogen-bond donors (Lipinski definition) is 1. The first kappa shape index (κ1) is 21.8. The fourth-order valence-electron chi connectivity index (χ4n) is 4.58. The molecule has 1 heterocycles. The number of aliphatic hydroxyl groups is 1. The van der Waals surface area contributed by atoms with Crippen LogP contribution in [-0.4, -0.2) is 42.9 Å². The van der Waals surface area contributed by atoms with Crippen LogP contribution in [0.5, 0.6) is 0 Å². The van der Waals surface area contributed by atoms with E-state index in [0.29, 0.717) is 0 Å². The standard InChI is InChI=1S/C28H33NO2/c1-3-23-11-15-26(16-12-23)28(30,25-13-9-22(2)10-14-25)27(24-7-5-4-6-8-24)21-29-17-19-31-20-18-29/h4-16,27,30H,3,17-21H2,1-2H3/t27-,28+/m0/s1. The minimum Gasteiger partial charge on any atom is -0.380 e. The molecule has 0 aliphatic carbocycles. The van der Waals surface area contributed by atoms with Gasteiger partial charge in [0.05, 0.1) is 13.2 Å². The summed E-state index contributed by atoms with van der Waals surface area (Å²) in [7, 11) is 0. The van der Waals surface area contributed by atoms with E-state index in [2.05, 4.69) is 91.5 Å². The molecule has 0 unspecified atom stereocenters. The van der Waals surface area contributed by atoms with Crippen LogP contribution < -0.4 is 0 Å². The van der Waals surface area contributed by atoms with Crippen LogP contribution >= 0.6 is 0 Å². The summed E-state index contributed by atoms with van der Waals surface area (Å²) in [5.74, 6) is -0.109. The van der Waals surface area contributed by atoms with Crippen molar-refractivity contribution in [1.82, 2.24) is 4.90 Å². The second kappa shape index (κ2) is 9.78. The van der Waals surface area contributed by atoms with E-state index in [9.17, 15) is 5.11 Å². The van der Waals surface area contributed by atoms with Crippen LogP contribution in [0.25, 0.3) is 0 Å². The quantitative estimate of drug-likeness (QED) is 0.595. The van der Waals surface area contributed by atoms with E-state index in [-0.39, 0.29) is 5.92 Å². The van der Waals surface area contributed by atoms with E-state index in [1.54, 1.807) is 0 Å². The zero-order chi connectivity index (χ0) is 21.7. The first-order chi connectivity index (χ1) is 15.1. The summed E-state index contributed by atoms with van der Waals surface area (Å²) in [5, 5.41) is 12.6. The van der Waals surface area contributed by atoms with Crippen molar-refractivity contribution in [2.75, 3.05) is 32.8 Å². The van der Waals surface area contributed by atoms with Gasteiger partial charge < -0.3 is 9.84 Å². The molecular weight excluding hydrogens is 382 g/mol. The highest BCUT2D eigenvalue weighted by Gasteiger charge is 2.42. The summed E-state index contributed by atoms with van der Waals surface area (Å²) >= 11 is 0. The first-order valence-corrected chi connectivity index (χ1v) is 11.3. The van der Waals surface area contributed by atoms with E-state index < -0.39 is 5.60 Å². The molecule has 1 saturated heterocycles. The topological polar surface area (TPSA) is 32.7 Å². The Balaban J connectivity index is 1.84. The van der Waals surface area contributed by atoms with E-state index in [4.69, 9.17) is 4.74 Å². The fourth-order valence-corrected chi connectivity index (χ4v) is 4.58. The van der Waals surface area contributed by atoms with Gasteiger partial charge in [-0.25, -0.2) is 0 Å². The average molecular weight is 416 g/mol. The molecule has 0 radical (unpaired) electrons. The first-order valence-electron chi connectivity index (χ1n) is 11.3. The van der Waals surface area contributed by atoms with Gasteiger partial charge in [-0.1, -0.05) is 91.3 Å². The molecule has 0 amide bonds. The summed E-state index contributed by atoms with van der Waals surface area (Å²) < 4.78 is 5.58. The van der Waals surface area contributed by atoms with Gasteiger partial charge in [0.1, 0.15) is 5.60 Å². The van der Waals surface area contributed by atoms with Crippen LogP contribution in [0.4, 0.5) is 0 Å². The fraction of sp³-hybridized carbons (Fsp3) is 0.357. The third kappa shape index (κ3) is 4.74. The summed E-state index contributed by atoms with van der Waals surface area (Å²) in [6.45, 7) is 8.29. The molecule has 1 N–H and O–H groups in total. The molecule has 3 heteroatoms. The summed E-state index contributed by atoms with van der Waals surface area (Å²) in [6.07, 6.45) is 0.985. The Labute approximate surface area is 186 Å². The van der Waals surface area contributed by atoms with E-state index in [0.717, 1.165) is 56.0 Å². The third-order valence-electron chi connectivity index (χ3n) is 6.54. The van der Waals surface area contributed by atoms with Gasteiger partial charge in [-0.15, -0.1) is 0 Å². The largest absolute Gasteiger partial charge is 0.380 e. The third-order valence-corrected chi connectivity index (χ3v) is 6.54. The van der Waals surface area contributed by atoms with Crippen molar-refractivity contribution in [1.29, 1.82) is 0 Å². The number of benzene rings is 3. The molecule has 2 atom stereocenters. The zero-order valence-corrected chi connectivity index (χ0v) is 18.6. The van der Waals surface area contributed by atoms with Gasteiger partial charge in [0.25, 0.3) is 0 Å². The highest BCUT2D eigenvalue weighted by atomic mass is 16.5. The number of aryl methyl sites for hydroxylation is 2. The Morgan fingerprint density at radius 3 is 2.03 bits per heavy atom. The van der Waals surface area contributed by atoms with Crippen molar-refractivity contribution >= 4 is 0 Å². The van der Waals surface area contributed by atoms with E-state index >= 15 is 0 Å². The highest BCUT2D eigenvalue weighted by Crippen LogP contribution is 2.43. The van der Waals surface area contributed by atoms with Gasteiger partial charge in [-0.3, -0.25) is 4.90 Å². The Morgan fingerprint density at radius 1 is 0.871 bits per heavy atom.